The number of hydrogen-bond acceptors (Lipinski definition) is 3. The average molecular weight is 277 g/mol. The smallest absolute Gasteiger partial charge is 0.125 e. The second-order valence-corrected chi connectivity index (χ2v) is 3.84. The van der Waals surface area contributed by atoms with Crippen molar-refractivity contribution in [2.75, 3.05) is 0 Å². The van der Waals surface area contributed by atoms with Crippen LogP contribution in [0.3, 0.4) is 0 Å². The summed E-state index contributed by atoms with van der Waals surface area (Å²) >= 11 is -0.392. The summed E-state index contributed by atoms with van der Waals surface area (Å²) in [4.78, 5) is 0. The number of unbranched alkanes of at least 4 members (excludes halogenated alkanes) is 1. The SMILES string of the molecule is CCCCC(I)OS(=O)[O-]. The molecule has 0 aromatic carbocycles. The largest absolute Gasteiger partial charge is 0.750 e. The number of hydrogen-bond donors (Lipinski definition) is 0. The summed E-state index contributed by atoms with van der Waals surface area (Å²) in [5.41, 5.74) is 0. The highest BCUT2D eigenvalue weighted by Crippen LogP contribution is 2.12. The summed E-state index contributed by atoms with van der Waals surface area (Å²) in [5.74, 6) is 0. The van der Waals surface area contributed by atoms with Gasteiger partial charge < -0.3 is 4.55 Å². The molecule has 0 saturated carbocycles. The summed E-state index contributed by atoms with van der Waals surface area (Å²) in [6.45, 7) is 2.05. The van der Waals surface area contributed by atoms with Crippen LogP contribution in [0.15, 0.2) is 0 Å². The molecule has 0 radical (unpaired) electrons. The van der Waals surface area contributed by atoms with Crippen LogP contribution >= 0.6 is 22.6 Å². The summed E-state index contributed by atoms with van der Waals surface area (Å²) in [5, 5.41) is 0. The molecule has 0 spiro atoms. The fourth-order valence-corrected chi connectivity index (χ4v) is 1.71. The maximum Gasteiger partial charge on any atom is 0.125 e. The molecule has 0 bridgehead atoms. The summed E-state index contributed by atoms with van der Waals surface area (Å²) < 4.78 is 24.1. The molecule has 0 aliphatic carbocycles. The van der Waals surface area contributed by atoms with Crippen LogP contribution in [0, 0.1) is 0 Å². The fourth-order valence-electron chi connectivity index (χ4n) is 0.498. The van der Waals surface area contributed by atoms with E-state index in [-0.39, 0.29) is 4.11 Å². The molecule has 0 aromatic rings. The van der Waals surface area contributed by atoms with E-state index in [1.165, 1.54) is 0 Å². The standard InChI is InChI=1S/C5H11IO3S/c1-2-3-4-5(6)9-10(7)8/h5H,2-4H2,1H3,(H,7,8)/p-1. The van der Waals surface area contributed by atoms with Crippen LogP contribution in [0.1, 0.15) is 26.2 Å². The molecule has 0 N–H and O–H groups in total. The normalized spacial score (nSPS) is 16.7. The number of rotatable bonds is 5. The Bertz CT molecular complexity index is 109. The third-order valence-corrected chi connectivity index (χ3v) is 2.58. The van der Waals surface area contributed by atoms with E-state index in [0.29, 0.717) is 0 Å². The van der Waals surface area contributed by atoms with Crippen molar-refractivity contribution in [3.63, 3.8) is 0 Å². The first-order valence-electron chi connectivity index (χ1n) is 3.07. The molecule has 0 saturated heterocycles. The van der Waals surface area contributed by atoms with Gasteiger partial charge in [0, 0.05) is 0 Å². The van der Waals surface area contributed by atoms with Gasteiger partial charge in [-0.2, -0.15) is 0 Å². The van der Waals surface area contributed by atoms with Crippen molar-refractivity contribution in [2.24, 2.45) is 0 Å². The zero-order valence-corrected chi connectivity index (χ0v) is 8.68. The van der Waals surface area contributed by atoms with E-state index in [0.717, 1.165) is 19.3 Å². The molecule has 62 valence electrons. The molecule has 0 heterocycles. The topological polar surface area (TPSA) is 49.4 Å². The Balaban J connectivity index is 3.25. The molecular weight excluding hydrogens is 267 g/mol. The molecule has 2 unspecified atom stereocenters. The lowest BCUT2D eigenvalue weighted by Gasteiger charge is -2.11. The highest BCUT2D eigenvalue weighted by Gasteiger charge is 2.01. The van der Waals surface area contributed by atoms with Gasteiger partial charge in [0.2, 0.25) is 0 Å². The van der Waals surface area contributed by atoms with E-state index in [1.807, 2.05) is 22.6 Å². The van der Waals surface area contributed by atoms with Gasteiger partial charge in [-0.25, -0.2) is 4.21 Å². The van der Waals surface area contributed by atoms with Crippen LogP contribution in [-0.4, -0.2) is 12.9 Å². The predicted octanol–water partition coefficient (Wildman–Crippen LogP) is 1.75. The highest BCUT2D eigenvalue weighted by atomic mass is 127. The third-order valence-electron chi connectivity index (χ3n) is 0.968. The minimum absolute atomic E-state index is 0.198. The van der Waals surface area contributed by atoms with Gasteiger partial charge in [0.25, 0.3) is 0 Å². The van der Waals surface area contributed by atoms with E-state index >= 15 is 0 Å². The van der Waals surface area contributed by atoms with Crippen molar-refractivity contribution in [2.45, 2.75) is 30.3 Å². The van der Waals surface area contributed by atoms with Gasteiger partial charge in [0.15, 0.2) is 0 Å². The van der Waals surface area contributed by atoms with Gasteiger partial charge in [-0.15, -0.1) is 0 Å². The predicted molar refractivity (Wildman–Crippen MR) is 47.3 cm³/mol. The van der Waals surface area contributed by atoms with Crippen molar-refractivity contribution in [3.05, 3.63) is 0 Å². The summed E-state index contributed by atoms with van der Waals surface area (Å²) in [6, 6.07) is 0. The Hall–Kier alpha value is 0.800. The molecule has 0 rings (SSSR count). The Kier molecular flexibility index (Phi) is 7.03. The third kappa shape index (κ3) is 6.91. The lowest BCUT2D eigenvalue weighted by Crippen LogP contribution is -2.05. The van der Waals surface area contributed by atoms with E-state index in [4.69, 9.17) is 0 Å². The molecule has 0 aliphatic rings. The van der Waals surface area contributed by atoms with Crippen molar-refractivity contribution < 1.29 is 12.9 Å². The van der Waals surface area contributed by atoms with Crippen molar-refractivity contribution in [1.82, 2.24) is 0 Å². The summed E-state index contributed by atoms with van der Waals surface area (Å²) in [7, 11) is 0. The summed E-state index contributed by atoms with van der Waals surface area (Å²) in [6.07, 6.45) is 2.87. The molecule has 5 heteroatoms. The van der Waals surface area contributed by atoms with E-state index in [9.17, 15) is 8.76 Å². The molecular formula is C5H10IO3S-. The molecule has 10 heavy (non-hydrogen) atoms. The maximum atomic E-state index is 9.95. The first kappa shape index (κ1) is 10.8. The first-order chi connectivity index (χ1) is 4.66. The number of halogens is 1. The molecule has 2 atom stereocenters. The Morgan fingerprint density at radius 1 is 1.80 bits per heavy atom. The van der Waals surface area contributed by atoms with E-state index in [2.05, 4.69) is 11.1 Å². The Morgan fingerprint density at radius 3 is 2.80 bits per heavy atom. The average Bonchev–Trinajstić information content (AvgIpc) is 1.82. The minimum Gasteiger partial charge on any atom is -0.750 e. The van der Waals surface area contributed by atoms with E-state index in [1.54, 1.807) is 0 Å². The first-order valence-corrected chi connectivity index (χ1v) is 5.31. The Morgan fingerprint density at radius 2 is 2.40 bits per heavy atom. The van der Waals surface area contributed by atoms with Crippen molar-refractivity contribution >= 4 is 34.0 Å². The molecule has 0 aliphatic heterocycles. The second kappa shape index (κ2) is 6.51. The molecule has 0 aromatic heterocycles. The lowest BCUT2D eigenvalue weighted by atomic mass is 10.3. The fraction of sp³-hybridized carbons (Fsp3) is 1.00. The number of alkyl halides is 1. The van der Waals surface area contributed by atoms with Crippen LogP contribution in [0.4, 0.5) is 0 Å². The van der Waals surface area contributed by atoms with Crippen LogP contribution < -0.4 is 0 Å². The van der Waals surface area contributed by atoms with Crippen molar-refractivity contribution in [1.29, 1.82) is 0 Å². The lowest BCUT2D eigenvalue weighted by molar-refractivity contribution is 0.277. The molecule has 0 amide bonds. The monoisotopic (exact) mass is 277 g/mol. The zero-order chi connectivity index (χ0) is 7.98. The van der Waals surface area contributed by atoms with Gasteiger partial charge in [-0.05, 0) is 29.0 Å². The zero-order valence-electron chi connectivity index (χ0n) is 5.71. The van der Waals surface area contributed by atoms with Gasteiger partial charge in [0.05, 0.1) is 11.4 Å². The van der Waals surface area contributed by atoms with Crippen LogP contribution in [0.25, 0.3) is 0 Å². The van der Waals surface area contributed by atoms with Crippen molar-refractivity contribution in [3.8, 4) is 0 Å². The quantitative estimate of drug-likeness (QED) is 0.437. The second-order valence-electron chi connectivity index (χ2n) is 1.85. The highest BCUT2D eigenvalue weighted by molar-refractivity contribution is 14.1. The van der Waals surface area contributed by atoms with Crippen LogP contribution in [0.2, 0.25) is 0 Å². The van der Waals surface area contributed by atoms with Gasteiger partial charge in [-0.1, -0.05) is 19.8 Å². The van der Waals surface area contributed by atoms with Crippen LogP contribution in [-0.2, 0) is 15.5 Å². The van der Waals surface area contributed by atoms with E-state index < -0.39 is 11.4 Å². The maximum absolute atomic E-state index is 9.95. The minimum atomic E-state index is -2.36. The van der Waals surface area contributed by atoms with Crippen LogP contribution in [0.5, 0.6) is 0 Å². The van der Waals surface area contributed by atoms with Gasteiger partial charge >= 0.3 is 0 Å². The van der Waals surface area contributed by atoms with Gasteiger partial charge in [0.1, 0.15) is 4.11 Å². The van der Waals surface area contributed by atoms with Gasteiger partial charge in [-0.3, -0.25) is 4.18 Å². The Labute approximate surface area is 77.2 Å². The molecule has 0 fully saturated rings. The molecule has 3 nitrogen and oxygen atoms in total.